The minimum absolute atomic E-state index is 0.0819. The lowest BCUT2D eigenvalue weighted by atomic mass is 10.2. The molecule has 1 amide bonds. The number of carbonyl (C=O) groups is 2. The molecule has 0 saturated heterocycles. The van der Waals surface area contributed by atoms with Crippen molar-refractivity contribution in [3.8, 4) is 17.2 Å². The quantitative estimate of drug-likeness (QED) is 0.506. The minimum Gasteiger partial charge on any atom is -0.497 e. The van der Waals surface area contributed by atoms with E-state index in [1.165, 1.54) is 38.5 Å². The maximum absolute atomic E-state index is 12.3. The van der Waals surface area contributed by atoms with E-state index in [9.17, 15) is 18.4 Å². The van der Waals surface area contributed by atoms with Crippen LogP contribution in [-0.4, -0.2) is 39.3 Å². The number of carbonyl (C=O) groups excluding carboxylic acids is 2. The fourth-order valence-electron chi connectivity index (χ4n) is 2.23. The first kappa shape index (κ1) is 21.7. The molecule has 0 aliphatic heterocycles. The number of nitrogens with one attached hydrogen (secondary N) is 1. The van der Waals surface area contributed by atoms with Crippen LogP contribution in [-0.2, 0) is 14.3 Å². The van der Waals surface area contributed by atoms with Crippen molar-refractivity contribution in [3.63, 3.8) is 0 Å². The highest BCUT2D eigenvalue weighted by Crippen LogP contribution is 2.29. The van der Waals surface area contributed by atoms with Crippen LogP contribution in [0.1, 0.15) is 5.56 Å². The monoisotopic (exact) mass is 407 g/mol. The lowest BCUT2D eigenvalue weighted by molar-refractivity contribution is -0.142. The molecule has 0 bridgehead atoms. The molecule has 2 rings (SSSR count). The van der Waals surface area contributed by atoms with Crippen molar-refractivity contribution in [2.45, 2.75) is 6.61 Å². The highest BCUT2D eigenvalue weighted by Gasteiger charge is 2.11. The van der Waals surface area contributed by atoms with E-state index in [0.29, 0.717) is 17.0 Å². The van der Waals surface area contributed by atoms with Gasteiger partial charge in [-0.25, -0.2) is 4.79 Å². The maximum atomic E-state index is 12.3. The van der Waals surface area contributed by atoms with Crippen molar-refractivity contribution >= 4 is 23.6 Å². The molecule has 2 aromatic rings. The van der Waals surface area contributed by atoms with Gasteiger partial charge in [-0.2, -0.15) is 8.78 Å². The molecule has 0 radical (unpaired) electrons. The number of benzene rings is 2. The second-order valence-corrected chi connectivity index (χ2v) is 5.51. The summed E-state index contributed by atoms with van der Waals surface area (Å²) < 4.78 is 43.9. The van der Waals surface area contributed by atoms with Gasteiger partial charge in [-0.05, 0) is 35.9 Å². The normalized spacial score (nSPS) is 10.7. The molecule has 0 aliphatic rings. The lowest BCUT2D eigenvalue weighted by Crippen LogP contribution is -2.20. The summed E-state index contributed by atoms with van der Waals surface area (Å²) in [5, 5.41) is 2.57. The van der Waals surface area contributed by atoms with Gasteiger partial charge in [0.25, 0.3) is 5.91 Å². The first-order chi connectivity index (χ1) is 13.9. The van der Waals surface area contributed by atoms with E-state index in [1.807, 2.05) is 0 Å². The van der Waals surface area contributed by atoms with E-state index in [-0.39, 0.29) is 11.5 Å². The Balaban J connectivity index is 1.88. The summed E-state index contributed by atoms with van der Waals surface area (Å²) in [5.41, 5.74) is 0.986. The Hall–Kier alpha value is -3.62. The van der Waals surface area contributed by atoms with E-state index in [1.54, 1.807) is 24.3 Å². The second-order valence-electron chi connectivity index (χ2n) is 5.51. The number of esters is 1. The van der Waals surface area contributed by atoms with Crippen LogP contribution >= 0.6 is 0 Å². The Kier molecular flexibility index (Phi) is 7.96. The number of anilines is 1. The van der Waals surface area contributed by atoms with E-state index >= 15 is 0 Å². The summed E-state index contributed by atoms with van der Waals surface area (Å²) in [5.74, 6) is -0.745. The van der Waals surface area contributed by atoms with Crippen LogP contribution in [0.2, 0.25) is 0 Å². The van der Waals surface area contributed by atoms with Crippen LogP contribution in [0.4, 0.5) is 14.5 Å². The molecule has 0 saturated carbocycles. The average molecular weight is 407 g/mol. The molecule has 0 spiro atoms. The Morgan fingerprint density at radius 2 is 1.86 bits per heavy atom. The third-order valence-corrected chi connectivity index (χ3v) is 3.51. The molecule has 0 fully saturated rings. The fourth-order valence-corrected chi connectivity index (χ4v) is 2.23. The Bertz CT molecular complexity index is 885. The standard InChI is InChI=1S/C20H19F2NO6/c1-26-15-5-3-4-14(11-15)23-18(24)12-28-19(25)9-7-13-6-8-16(29-20(21)22)17(10-13)27-2/h3-11,20H,12H2,1-2H3,(H,23,24)/b9-7+. The van der Waals surface area contributed by atoms with Gasteiger partial charge in [0.2, 0.25) is 0 Å². The molecular formula is C20H19F2NO6. The third-order valence-electron chi connectivity index (χ3n) is 3.51. The Labute approximate surface area is 165 Å². The van der Waals surface area contributed by atoms with Gasteiger partial charge in [-0.1, -0.05) is 12.1 Å². The number of alkyl halides is 2. The second kappa shape index (κ2) is 10.6. The molecule has 0 atom stereocenters. The first-order valence-corrected chi connectivity index (χ1v) is 8.33. The topological polar surface area (TPSA) is 83.1 Å². The van der Waals surface area contributed by atoms with Gasteiger partial charge in [0, 0.05) is 17.8 Å². The summed E-state index contributed by atoms with van der Waals surface area (Å²) in [4.78, 5) is 23.6. The summed E-state index contributed by atoms with van der Waals surface area (Å²) in [6.45, 7) is -3.46. The molecule has 0 aromatic heterocycles. The van der Waals surface area contributed by atoms with Crippen LogP contribution < -0.4 is 19.5 Å². The largest absolute Gasteiger partial charge is 0.497 e. The smallest absolute Gasteiger partial charge is 0.387 e. The van der Waals surface area contributed by atoms with Crippen molar-refractivity contribution in [1.82, 2.24) is 0 Å². The van der Waals surface area contributed by atoms with E-state index in [4.69, 9.17) is 14.2 Å². The zero-order valence-corrected chi connectivity index (χ0v) is 15.7. The van der Waals surface area contributed by atoms with Gasteiger partial charge in [-0.15, -0.1) is 0 Å². The van der Waals surface area contributed by atoms with Crippen LogP contribution in [0, 0.1) is 0 Å². The predicted molar refractivity (Wildman–Crippen MR) is 101 cm³/mol. The van der Waals surface area contributed by atoms with Crippen LogP contribution in [0.5, 0.6) is 17.2 Å². The van der Waals surface area contributed by atoms with Crippen molar-refractivity contribution in [2.75, 3.05) is 26.1 Å². The fraction of sp³-hybridized carbons (Fsp3) is 0.200. The molecule has 2 aromatic carbocycles. The van der Waals surface area contributed by atoms with E-state index in [2.05, 4.69) is 10.1 Å². The number of methoxy groups -OCH3 is 2. The van der Waals surface area contributed by atoms with Gasteiger partial charge in [0.15, 0.2) is 18.1 Å². The molecule has 0 aliphatic carbocycles. The average Bonchev–Trinajstić information content (AvgIpc) is 2.71. The minimum atomic E-state index is -2.98. The summed E-state index contributed by atoms with van der Waals surface area (Å²) >= 11 is 0. The zero-order valence-electron chi connectivity index (χ0n) is 15.7. The van der Waals surface area contributed by atoms with E-state index in [0.717, 1.165) is 6.08 Å². The maximum Gasteiger partial charge on any atom is 0.387 e. The summed E-state index contributed by atoms with van der Waals surface area (Å²) in [6.07, 6.45) is 2.48. The van der Waals surface area contributed by atoms with Crippen LogP contribution in [0.25, 0.3) is 6.08 Å². The van der Waals surface area contributed by atoms with Crippen LogP contribution in [0.3, 0.4) is 0 Å². The highest BCUT2D eigenvalue weighted by molar-refractivity contribution is 5.94. The van der Waals surface area contributed by atoms with Crippen molar-refractivity contribution < 1.29 is 37.3 Å². The molecule has 154 valence electrons. The summed E-state index contributed by atoms with van der Waals surface area (Å²) in [7, 11) is 2.81. The number of ether oxygens (including phenoxy) is 4. The highest BCUT2D eigenvalue weighted by atomic mass is 19.3. The van der Waals surface area contributed by atoms with Gasteiger partial charge < -0.3 is 24.3 Å². The number of halogens is 2. The zero-order chi connectivity index (χ0) is 21.2. The predicted octanol–water partition coefficient (Wildman–Crippen LogP) is 3.50. The van der Waals surface area contributed by atoms with Gasteiger partial charge in [-0.3, -0.25) is 4.79 Å². The van der Waals surface area contributed by atoms with Gasteiger partial charge in [0.1, 0.15) is 5.75 Å². The number of amides is 1. The number of hydrogen-bond donors (Lipinski definition) is 1. The van der Waals surface area contributed by atoms with Crippen molar-refractivity contribution in [2.24, 2.45) is 0 Å². The molecule has 7 nitrogen and oxygen atoms in total. The van der Waals surface area contributed by atoms with E-state index < -0.39 is 25.1 Å². The van der Waals surface area contributed by atoms with Gasteiger partial charge >= 0.3 is 12.6 Å². The number of hydrogen-bond acceptors (Lipinski definition) is 6. The van der Waals surface area contributed by atoms with Crippen molar-refractivity contribution in [1.29, 1.82) is 0 Å². The lowest BCUT2D eigenvalue weighted by Gasteiger charge is -2.10. The number of rotatable bonds is 9. The molecule has 29 heavy (non-hydrogen) atoms. The van der Waals surface area contributed by atoms with Gasteiger partial charge in [0.05, 0.1) is 14.2 Å². The van der Waals surface area contributed by atoms with Crippen molar-refractivity contribution in [3.05, 3.63) is 54.1 Å². The SMILES string of the molecule is COc1cccc(NC(=O)COC(=O)/C=C/c2ccc(OC(F)F)c(OC)c2)c1. The molecular weight excluding hydrogens is 388 g/mol. The molecule has 1 N–H and O–H groups in total. The van der Waals surface area contributed by atoms with Crippen LogP contribution in [0.15, 0.2) is 48.5 Å². The Morgan fingerprint density at radius 1 is 1.07 bits per heavy atom. The summed E-state index contributed by atoms with van der Waals surface area (Å²) in [6, 6.07) is 10.9. The third kappa shape index (κ3) is 7.13. The molecule has 0 heterocycles. The Morgan fingerprint density at radius 3 is 2.55 bits per heavy atom. The first-order valence-electron chi connectivity index (χ1n) is 8.33. The molecule has 0 unspecified atom stereocenters. The molecule has 9 heteroatoms.